The first-order valence-corrected chi connectivity index (χ1v) is 5.29. The van der Waals surface area contributed by atoms with Gasteiger partial charge in [0.15, 0.2) is 0 Å². The van der Waals surface area contributed by atoms with Crippen LogP contribution in [0.15, 0.2) is 24.3 Å². The molecule has 0 radical (unpaired) electrons. The van der Waals surface area contributed by atoms with E-state index in [0.29, 0.717) is 18.7 Å². The van der Waals surface area contributed by atoms with Crippen molar-refractivity contribution in [2.75, 3.05) is 27.2 Å². The number of amides is 1. The molecule has 0 aromatic heterocycles. The van der Waals surface area contributed by atoms with E-state index < -0.39 is 0 Å². The molecule has 0 aliphatic carbocycles. The highest BCUT2D eigenvalue weighted by Crippen LogP contribution is 2.09. The Morgan fingerprint density at radius 1 is 1.29 bits per heavy atom. The van der Waals surface area contributed by atoms with Gasteiger partial charge in [0.05, 0.1) is 6.61 Å². The Kier molecular flexibility index (Phi) is 8.40. The van der Waals surface area contributed by atoms with E-state index in [4.69, 9.17) is 4.74 Å². The first-order chi connectivity index (χ1) is 7.79. The normalized spacial score (nSPS) is 9.53. The fourth-order valence-corrected chi connectivity index (χ4v) is 1.42. The predicted molar refractivity (Wildman–Crippen MR) is 70.7 cm³/mol. The molecular formula is C12H19ClN2O2. The van der Waals surface area contributed by atoms with Crippen LogP contribution in [-0.4, -0.2) is 33.2 Å². The number of hydrogen-bond donors (Lipinski definition) is 2. The van der Waals surface area contributed by atoms with Crippen LogP contribution in [0.1, 0.15) is 15.9 Å². The largest absolute Gasteiger partial charge is 0.380 e. The minimum absolute atomic E-state index is 0. The third-order valence-electron chi connectivity index (χ3n) is 2.22. The molecule has 0 atom stereocenters. The second kappa shape index (κ2) is 8.98. The number of carbonyl (C=O) groups excluding carboxylic acids is 1. The van der Waals surface area contributed by atoms with E-state index >= 15 is 0 Å². The molecule has 1 amide bonds. The van der Waals surface area contributed by atoms with Gasteiger partial charge in [0.2, 0.25) is 0 Å². The lowest BCUT2D eigenvalue weighted by molar-refractivity contribution is 0.0949. The van der Waals surface area contributed by atoms with Gasteiger partial charge in [-0.05, 0) is 18.7 Å². The lowest BCUT2D eigenvalue weighted by Crippen LogP contribution is -2.31. The molecule has 5 heteroatoms. The fourth-order valence-electron chi connectivity index (χ4n) is 1.42. The Balaban J connectivity index is 0.00000256. The zero-order valence-corrected chi connectivity index (χ0v) is 11.0. The van der Waals surface area contributed by atoms with Crippen molar-refractivity contribution in [3.63, 3.8) is 0 Å². The number of likely N-dealkylation sites (N-methyl/N-ethyl adjacent to an activating group) is 1. The van der Waals surface area contributed by atoms with Crippen molar-refractivity contribution >= 4 is 18.3 Å². The average Bonchev–Trinajstić information content (AvgIpc) is 2.30. The molecule has 1 aromatic carbocycles. The Bertz CT molecular complexity index is 345. The summed E-state index contributed by atoms with van der Waals surface area (Å²) in [6.45, 7) is 1.84. The van der Waals surface area contributed by atoms with Crippen LogP contribution in [0, 0.1) is 0 Å². The highest BCUT2D eigenvalue weighted by molar-refractivity contribution is 5.95. The smallest absolute Gasteiger partial charge is 0.251 e. The van der Waals surface area contributed by atoms with Crippen molar-refractivity contribution < 1.29 is 9.53 Å². The van der Waals surface area contributed by atoms with Crippen LogP contribution in [0.3, 0.4) is 0 Å². The number of nitrogens with one attached hydrogen (secondary N) is 2. The summed E-state index contributed by atoms with van der Waals surface area (Å²) in [5, 5.41) is 5.82. The third kappa shape index (κ3) is 5.17. The summed E-state index contributed by atoms with van der Waals surface area (Å²) in [6.07, 6.45) is 0. The maximum atomic E-state index is 11.8. The van der Waals surface area contributed by atoms with Gasteiger partial charge < -0.3 is 15.4 Å². The molecule has 96 valence electrons. The maximum Gasteiger partial charge on any atom is 0.251 e. The first kappa shape index (κ1) is 15.9. The van der Waals surface area contributed by atoms with Gasteiger partial charge in [0.25, 0.3) is 5.91 Å². The summed E-state index contributed by atoms with van der Waals surface area (Å²) in [4.78, 5) is 11.8. The Labute approximate surface area is 108 Å². The molecule has 17 heavy (non-hydrogen) atoms. The Morgan fingerprint density at radius 3 is 2.65 bits per heavy atom. The molecule has 0 spiro atoms. The molecule has 1 rings (SSSR count). The molecule has 0 saturated carbocycles. The van der Waals surface area contributed by atoms with Gasteiger partial charge >= 0.3 is 0 Å². The second-order valence-electron chi connectivity index (χ2n) is 3.45. The molecule has 2 N–H and O–H groups in total. The van der Waals surface area contributed by atoms with Crippen LogP contribution in [0.25, 0.3) is 0 Å². The topological polar surface area (TPSA) is 50.4 Å². The molecule has 0 fully saturated rings. The summed E-state index contributed by atoms with van der Waals surface area (Å²) in [6, 6.07) is 7.46. The number of ether oxygens (including phenoxy) is 1. The number of benzene rings is 1. The maximum absolute atomic E-state index is 11.8. The lowest BCUT2D eigenvalue weighted by Gasteiger charge is -2.09. The molecule has 0 bridgehead atoms. The molecular weight excluding hydrogens is 240 g/mol. The van der Waals surface area contributed by atoms with Gasteiger partial charge in [-0.2, -0.15) is 0 Å². The lowest BCUT2D eigenvalue weighted by atomic mass is 10.1. The Hall–Kier alpha value is -1.10. The van der Waals surface area contributed by atoms with Gasteiger partial charge in [-0.1, -0.05) is 18.2 Å². The van der Waals surface area contributed by atoms with Crippen LogP contribution < -0.4 is 10.6 Å². The minimum atomic E-state index is -0.0529. The summed E-state index contributed by atoms with van der Waals surface area (Å²) in [5.74, 6) is -0.0529. The number of halogens is 1. The van der Waals surface area contributed by atoms with Crippen molar-refractivity contribution in [3.05, 3.63) is 35.4 Å². The van der Waals surface area contributed by atoms with Gasteiger partial charge in [0, 0.05) is 25.8 Å². The van der Waals surface area contributed by atoms with E-state index in [1.807, 2.05) is 31.3 Å². The van der Waals surface area contributed by atoms with E-state index in [2.05, 4.69) is 10.6 Å². The zero-order valence-electron chi connectivity index (χ0n) is 10.2. The second-order valence-corrected chi connectivity index (χ2v) is 3.45. The van der Waals surface area contributed by atoms with Gasteiger partial charge in [-0.15, -0.1) is 12.4 Å². The zero-order chi connectivity index (χ0) is 11.8. The van der Waals surface area contributed by atoms with Crippen molar-refractivity contribution in [3.8, 4) is 0 Å². The molecule has 0 heterocycles. The average molecular weight is 259 g/mol. The highest BCUT2D eigenvalue weighted by atomic mass is 35.5. The standard InChI is InChI=1S/C12H18N2O2.ClH/c1-13-7-8-14-12(15)11-6-4-3-5-10(11)9-16-2;/h3-6,13H,7-9H2,1-2H3,(H,14,15);1H. The summed E-state index contributed by atoms with van der Waals surface area (Å²) in [5.41, 5.74) is 1.59. The van der Waals surface area contributed by atoms with Crippen molar-refractivity contribution in [2.24, 2.45) is 0 Å². The molecule has 1 aromatic rings. The highest BCUT2D eigenvalue weighted by Gasteiger charge is 2.09. The van der Waals surface area contributed by atoms with Crippen LogP contribution >= 0.6 is 12.4 Å². The SMILES string of the molecule is CNCCNC(=O)c1ccccc1COC.Cl. The van der Waals surface area contributed by atoms with Crippen molar-refractivity contribution in [2.45, 2.75) is 6.61 Å². The minimum Gasteiger partial charge on any atom is -0.380 e. The number of hydrogen-bond acceptors (Lipinski definition) is 3. The van der Waals surface area contributed by atoms with Crippen molar-refractivity contribution in [1.29, 1.82) is 0 Å². The van der Waals surface area contributed by atoms with E-state index in [0.717, 1.165) is 12.1 Å². The predicted octanol–water partition coefficient (Wildman–Crippen LogP) is 1.20. The summed E-state index contributed by atoms with van der Waals surface area (Å²) < 4.78 is 5.05. The van der Waals surface area contributed by atoms with Gasteiger partial charge in [-0.25, -0.2) is 0 Å². The Morgan fingerprint density at radius 2 is 2.00 bits per heavy atom. The van der Waals surface area contributed by atoms with Gasteiger partial charge in [-0.3, -0.25) is 4.79 Å². The van der Waals surface area contributed by atoms with E-state index in [1.165, 1.54) is 0 Å². The number of methoxy groups -OCH3 is 1. The monoisotopic (exact) mass is 258 g/mol. The van der Waals surface area contributed by atoms with Crippen LogP contribution in [-0.2, 0) is 11.3 Å². The third-order valence-corrected chi connectivity index (χ3v) is 2.22. The van der Waals surface area contributed by atoms with Gasteiger partial charge in [0.1, 0.15) is 0 Å². The van der Waals surface area contributed by atoms with Crippen molar-refractivity contribution in [1.82, 2.24) is 10.6 Å². The van der Waals surface area contributed by atoms with Crippen LogP contribution in [0.5, 0.6) is 0 Å². The first-order valence-electron chi connectivity index (χ1n) is 5.29. The van der Waals surface area contributed by atoms with E-state index in [9.17, 15) is 4.79 Å². The molecule has 0 saturated heterocycles. The number of carbonyl (C=O) groups is 1. The molecule has 4 nitrogen and oxygen atoms in total. The molecule has 0 unspecified atom stereocenters. The van der Waals surface area contributed by atoms with E-state index in [1.54, 1.807) is 7.11 Å². The summed E-state index contributed by atoms with van der Waals surface area (Å²) in [7, 11) is 3.47. The number of rotatable bonds is 6. The molecule has 0 aliphatic heterocycles. The summed E-state index contributed by atoms with van der Waals surface area (Å²) >= 11 is 0. The fraction of sp³-hybridized carbons (Fsp3) is 0.417. The van der Waals surface area contributed by atoms with E-state index in [-0.39, 0.29) is 18.3 Å². The molecule has 0 aliphatic rings. The quantitative estimate of drug-likeness (QED) is 0.754. The van der Waals surface area contributed by atoms with Crippen LogP contribution in [0.2, 0.25) is 0 Å². The van der Waals surface area contributed by atoms with Crippen LogP contribution in [0.4, 0.5) is 0 Å².